The number of imidazole rings is 1. The lowest BCUT2D eigenvalue weighted by molar-refractivity contribution is 0.156. The molecule has 0 saturated carbocycles. The highest BCUT2D eigenvalue weighted by Gasteiger charge is 2.18. The maximum Gasteiger partial charge on any atom is 0.130 e. The predicted molar refractivity (Wildman–Crippen MR) is 71.9 cm³/mol. The minimum Gasteiger partial charge on any atom is -0.487 e. The molecular weight excluding hydrogens is 240 g/mol. The number of fused-ring (bicyclic) bond motifs is 1. The molecule has 1 aromatic carbocycles. The van der Waals surface area contributed by atoms with Crippen molar-refractivity contribution < 1.29 is 9.84 Å². The van der Waals surface area contributed by atoms with Crippen LogP contribution in [-0.2, 0) is 20.1 Å². The second kappa shape index (κ2) is 5.05. The van der Waals surface area contributed by atoms with Gasteiger partial charge < -0.3 is 14.4 Å². The van der Waals surface area contributed by atoms with E-state index in [9.17, 15) is 5.11 Å². The number of aromatic nitrogens is 2. The maximum atomic E-state index is 10.0. The molecular formula is C15H18N2O2. The first kappa shape index (κ1) is 12.2. The fraction of sp³-hybridized carbons (Fsp3) is 0.400. The Labute approximate surface area is 112 Å². The first-order valence-electron chi connectivity index (χ1n) is 6.63. The Morgan fingerprint density at radius 3 is 3.16 bits per heavy atom. The molecule has 1 aliphatic carbocycles. The molecule has 1 heterocycles. The van der Waals surface area contributed by atoms with Gasteiger partial charge in [0.15, 0.2) is 0 Å². The van der Waals surface area contributed by atoms with Crippen molar-refractivity contribution in [2.75, 3.05) is 0 Å². The van der Waals surface area contributed by atoms with Crippen LogP contribution in [0.2, 0.25) is 0 Å². The number of benzene rings is 1. The zero-order chi connectivity index (χ0) is 13.2. The molecule has 1 N–H and O–H groups in total. The standard InChI is InChI=1S/C15H18N2O2/c1-17-10-16-8-12(17)9-19-13-6-5-11-3-2-4-15(18)14(11)7-13/h5-8,10,15,18H,2-4,9H2,1H3/t15-/m0/s1. The van der Waals surface area contributed by atoms with Gasteiger partial charge in [0.05, 0.1) is 24.3 Å². The van der Waals surface area contributed by atoms with E-state index in [2.05, 4.69) is 11.1 Å². The fourth-order valence-corrected chi connectivity index (χ4v) is 2.52. The largest absolute Gasteiger partial charge is 0.487 e. The third kappa shape index (κ3) is 2.49. The quantitative estimate of drug-likeness (QED) is 0.919. The number of rotatable bonds is 3. The second-order valence-corrected chi connectivity index (χ2v) is 5.05. The van der Waals surface area contributed by atoms with Crippen LogP contribution in [0.5, 0.6) is 5.75 Å². The van der Waals surface area contributed by atoms with Crippen molar-refractivity contribution in [1.82, 2.24) is 9.55 Å². The van der Waals surface area contributed by atoms with Crippen molar-refractivity contribution >= 4 is 0 Å². The number of aliphatic hydroxyl groups excluding tert-OH is 1. The Kier molecular flexibility index (Phi) is 3.25. The molecule has 0 bridgehead atoms. The van der Waals surface area contributed by atoms with Crippen LogP contribution in [0.15, 0.2) is 30.7 Å². The Morgan fingerprint density at radius 2 is 2.37 bits per heavy atom. The van der Waals surface area contributed by atoms with E-state index in [-0.39, 0.29) is 6.10 Å². The molecule has 0 amide bonds. The van der Waals surface area contributed by atoms with Gasteiger partial charge in [-0.1, -0.05) is 6.07 Å². The van der Waals surface area contributed by atoms with Crippen LogP contribution in [0.25, 0.3) is 0 Å². The van der Waals surface area contributed by atoms with E-state index in [0.29, 0.717) is 6.61 Å². The molecule has 19 heavy (non-hydrogen) atoms. The molecule has 100 valence electrons. The van der Waals surface area contributed by atoms with Gasteiger partial charge in [0, 0.05) is 7.05 Å². The number of nitrogens with zero attached hydrogens (tertiary/aromatic N) is 2. The summed E-state index contributed by atoms with van der Waals surface area (Å²) in [4.78, 5) is 4.06. The molecule has 0 aliphatic heterocycles. The van der Waals surface area contributed by atoms with E-state index in [1.807, 2.05) is 23.7 Å². The molecule has 0 unspecified atom stereocenters. The topological polar surface area (TPSA) is 47.3 Å². The zero-order valence-corrected chi connectivity index (χ0v) is 11.0. The van der Waals surface area contributed by atoms with Crippen LogP contribution in [-0.4, -0.2) is 14.7 Å². The Hall–Kier alpha value is -1.81. The lowest BCUT2D eigenvalue weighted by Crippen LogP contribution is -2.09. The number of aryl methyl sites for hydroxylation is 2. The van der Waals surface area contributed by atoms with E-state index >= 15 is 0 Å². The second-order valence-electron chi connectivity index (χ2n) is 5.05. The Balaban J connectivity index is 1.75. The smallest absolute Gasteiger partial charge is 0.130 e. The van der Waals surface area contributed by atoms with Crippen molar-refractivity contribution in [3.8, 4) is 5.75 Å². The monoisotopic (exact) mass is 258 g/mol. The minimum absolute atomic E-state index is 0.344. The van der Waals surface area contributed by atoms with Gasteiger partial charge in [0.1, 0.15) is 12.4 Å². The third-order valence-electron chi connectivity index (χ3n) is 3.70. The van der Waals surface area contributed by atoms with Crippen LogP contribution in [0.3, 0.4) is 0 Å². The highest BCUT2D eigenvalue weighted by atomic mass is 16.5. The molecule has 0 radical (unpaired) electrons. The average molecular weight is 258 g/mol. The summed E-state index contributed by atoms with van der Waals surface area (Å²) < 4.78 is 7.71. The van der Waals surface area contributed by atoms with E-state index in [1.165, 1.54) is 5.56 Å². The summed E-state index contributed by atoms with van der Waals surface area (Å²) in [7, 11) is 1.95. The predicted octanol–water partition coefficient (Wildman–Crippen LogP) is 2.37. The van der Waals surface area contributed by atoms with Crippen LogP contribution < -0.4 is 4.74 Å². The van der Waals surface area contributed by atoms with E-state index in [4.69, 9.17) is 4.74 Å². The molecule has 4 nitrogen and oxygen atoms in total. The van der Waals surface area contributed by atoms with Crippen LogP contribution in [0, 0.1) is 0 Å². The molecule has 4 heteroatoms. The number of ether oxygens (including phenoxy) is 1. The summed E-state index contributed by atoms with van der Waals surface area (Å²) >= 11 is 0. The maximum absolute atomic E-state index is 10.0. The summed E-state index contributed by atoms with van der Waals surface area (Å²) in [5.41, 5.74) is 3.29. The SMILES string of the molecule is Cn1cncc1COc1ccc2c(c1)[C@@H](O)CCC2. The van der Waals surface area contributed by atoms with Gasteiger partial charge in [-0.25, -0.2) is 4.98 Å². The van der Waals surface area contributed by atoms with Gasteiger partial charge in [-0.15, -0.1) is 0 Å². The van der Waals surface area contributed by atoms with Crippen molar-refractivity contribution in [3.63, 3.8) is 0 Å². The average Bonchev–Trinajstić information content (AvgIpc) is 2.83. The van der Waals surface area contributed by atoms with Crippen LogP contribution >= 0.6 is 0 Å². The number of hydrogen-bond acceptors (Lipinski definition) is 3. The van der Waals surface area contributed by atoms with Crippen molar-refractivity contribution in [1.29, 1.82) is 0 Å². The molecule has 2 aromatic rings. The lowest BCUT2D eigenvalue weighted by Gasteiger charge is -2.22. The molecule has 1 aromatic heterocycles. The van der Waals surface area contributed by atoms with Crippen LogP contribution in [0.4, 0.5) is 0 Å². The lowest BCUT2D eigenvalue weighted by atomic mass is 9.89. The molecule has 1 atom stereocenters. The normalized spacial score (nSPS) is 18.1. The van der Waals surface area contributed by atoms with Gasteiger partial charge in [0.2, 0.25) is 0 Å². The highest BCUT2D eigenvalue weighted by molar-refractivity contribution is 5.38. The summed E-state index contributed by atoms with van der Waals surface area (Å²) in [5, 5.41) is 10.0. The molecule has 0 saturated heterocycles. The van der Waals surface area contributed by atoms with Crippen molar-refractivity contribution in [2.24, 2.45) is 7.05 Å². The number of hydrogen-bond donors (Lipinski definition) is 1. The van der Waals surface area contributed by atoms with Gasteiger partial charge in [-0.05, 0) is 42.5 Å². The number of aliphatic hydroxyl groups is 1. The van der Waals surface area contributed by atoms with Gasteiger partial charge in [-0.3, -0.25) is 0 Å². The van der Waals surface area contributed by atoms with Crippen molar-refractivity contribution in [2.45, 2.75) is 32.0 Å². The summed E-state index contributed by atoms with van der Waals surface area (Å²) in [5.74, 6) is 0.806. The van der Waals surface area contributed by atoms with Gasteiger partial charge in [-0.2, -0.15) is 0 Å². The fourth-order valence-electron chi connectivity index (χ4n) is 2.52. The highest BCUT2D eigenvalue weighted by Crippen LogP contribution is 2.32. The summed E-state index contributed by atoms with van der Waals surface area (Å²) in [6.07, 6.45) is 6.17. The van der Waals surface area contributed by atoms with Crippen LogP contribution in [0.1, 0.15) is 35.8 Å². The Morgan fingerprint density at radius 1 is 1.47 bits per heavy atom. The third-order valence-corrected chi connectivity index (χ3v) is 3.70. The summed E-state index contributed by atoms with van der Waals surface area (Å²) in [6.45, 7) is 0.491. The minimum atomic E-state index is -0.344. The molecule has 0 spiro atoms. The Bertz CT molecular complexity index is 577. The van der Waals surface area contributed by atoms with Gasteiger partial charge >= 0.3 is 0 Å². The molecule has 1 aliphatic rings. The summed E-state index contributed by atoms with van der Waals surface area (Å²) in [6, 6.07) is 6.01. The molecule has 0 fully saturated rings. The van der Waals surface area contributed by atoms with Crippen molar-refractivity contribution in [3.05, 3.63) is 47.5 Å². The van der Waals surface area contributed by atoms with E-state index < -0.39 is 0 Å². The zero-order valence-electron chi connectivity index (χ0n) is 11.0. The first-order valence-corrected chi connectivity index (χ1v) is 6.63. The van der Waals surface area contributed by atoms with Gasteiger partial charge in [0.25, 0.3) is 0 Å². The first-order chi connectivity index (χ1) is 9.24. The molecule has 3 rings (SSSR count). The van der Waals surface area contributed by atoms with E-state index in [1.54, 1.807) is 12.5 Å². The van der Waals surface area contributed by atoms with E-state index in [0.717, 1.165) is 36.3 Å².